The van der Waals surface area contributed by atoms with Crippen LogP contribution in [-0.4, -0.2) is 52.2 Å². The predicted octanol–water partition coefficient (Wildman–Crippen LogP) is 2.32. The van der Waals surface area contributed by atoms with Crippen LogP contribution in [0.2, 0.25) is 0 Å². The van der Waals surface area contributed by atoms with E-state index in [2.05, 4.69) is 0 Å². The molecular weight excluding hydrogens is 403 g/mol. The quantitative estimate of drug-likeness (QED) is 0.661. The number of hydrogen-bond acceptors (Lipinski definition) is 6. The number of aliphatic hydroxyl groups excluding tert-OH is 1. The molecule has 0 bridgehead atoms. The van der Waals surface area contributed by atoms with Crippen molar-refractivity contribution in [1.82, 2.24) is 0 Å². The summed E-state index contributed by atoms with van der Waals surface area (Å²) >= 11 is 0. The van der Waals surface area contributed by atoms with E-state index >= 15 is 4.39 Å². The van der Waals surface area contributed by atoms with Crippen LogP contribution in [0, 0.1) is 34.5 Å². The normalized spacial score (nSPS) is 48.4. The third-order valence-corrected chi connectivity index (χ3v) is 8.89. The van der Waals surface area contributed by atoms with Gasteiger partial charge in [-0.15, -0.1) is 0 Å². The number of ether oxygens (including phenoxy) is 1. The summed E-state index contributed by atoms with van der Waals surface area (Å²) in [4.78, 5) is 36.2. The second kappa shape index (κ2) is 7.07. The van der Waals surface area contributed by atoms with Crippen molar-refractivity contribution in [2.24, 2.45) is 34.5 Å². The molecular formula is C24H31FO6. The number of allylic oxidation sites excluding steroid dienone is 4. The molecule has 0 amide bonds. The van der Waals surface area contributed by atoms with E-state index in [0.717, 1.165) is 0 Å². The van der Waals surface area contributed by atoms with Crippen molar-refractivity contribution < 1.29 is 33.7 Å². The lowest BCUT2D eigenvalue weighted by Crippen LogP contribution is -2.63. The van der Waals surface area contributed by atoms with Crippen LogP contribution in [0.1, 0.15) is 47.0 Å². The Bertz CT molecular complexity index is 895. The van der Waals surface area contributed by atoms with Gasteiger partial charge in [0.1, 0.15) is 11.8 Å². The lowest BCUT2D eigenvalue weighted by Gasteiger charge is -2.60. The molecule has 0 heterocycles. The fraction of sp³-hybridized carbons (Fsp3) is 0.708. The van der Waals surface area contributed by atoms with Gasteiger partial charge < -0.3 is 14.9 Å². The van der Waals surface area contributed by atoms with Gasteiger partial charge in [-0.05, 0) is 54.7 Å². The van der Waals surface area contributed by atoms with Gasteiger partial charge in [0.15, 0.2) is 12.4 Å². The first-order chi connectivity index (χ1) is 14.4. The molecule has 4 aliphatic rings. The van der Waals surface area contributed by atoms with Crippen LogP contribution >= 0.6 is 0 Å². The molecule has 0 saturated heterocycles. The number of esters is 1. The molecule has 2 N–H and O–H groups in total. The van der Waals surface area contributed by atoms with Crippen LogP contribution in [0.5, 0.6) is 0 Å². The number of carbonyl (C=O) groups excluding carboxylic acids is 3. The second-order valence-corrected chi connectivity index (χ2v) is 10.4. The molecule has 31 heavy (non-hydrogen) atoms. The molecule has 0 aromatic rings. The number of alkyl halides is 1. The van der Waals surface area contributed by atoms with Gasteiger partial charge in [0.2, 0.25) is 5.78 Å². The minimum Gasteiger partial charge on any atom is -0.458 e. The monoisotopic (exact) mass is 434 g/mol. The Hall–Kier alpha value is -1.86. The van der Waals surface area contributed by atoms with Gasteiger partial charge in [0, 0.05) is 23.7 Å². The third kappa shape index (κ3) is 2.92. The fourth-order valence-electron chi connectivity index (χ4n) is 7.54. The average Bonchev–Trinajstić information content (AvgIpc) is 2.88. The molecule has 170 valence electrons. The van der Waals surface area contributed by atoms with E-state index in [-0.39, 0.29) is 36.4 Å². The summed E-state index contributed by atoms with van der Waals surface area (Å²) in [5.74, 6) is -2.62. The molecule has 4 aliphatic carbocycles. The van der Waals surface area contributed by atoms with Crippen molar-refractivity contribution in [2.45, 2.75) is 64.8 Å². The Labute approximate surface area is 181 Å². The minimum absolute atomic E-state index is 0.144. The molecule has 9 atom stereocenters. The minimum atomic E-state index is -1.78. The fourth-order valence-corrected chi connectivity index (χ4v) is 7.54. The molecule has 7 heteroatoms. The number of halogens is 1. The summed E-state index contributed by atoms with van der Waals surface area (Å²) in [5.41, 5.74) is -3.13. The zero-order chi connectivity index (χ0) is 22.9. The first kappa shape index (κ1) is 22.3. The molecule has 0 aromatic heterocycles. The summed E-state index contributed by atoms with van der Waals surface area (Å²) in [6.07, 6.45) is 3.14. The Morgan fingerprint density at radius 1 is 1.29 bits per heavy atom. The summed E-state index contributed by atoms with van der Waals surface area (Å²) < 4.78 is 20.2. The van der Waals surface area contributed by atoms with E-state index in [1.165, 1.54) is 19.1 Å². The molecule has 3 fully saturated rings. The van der Waals surface area contributed by atoms with Gasteiger partial charge in [-0.3, -0.25) is 14.4 Å². The lowest BCUT2D eigenvalue weighted by molar-refractivity contribution is -0.187. The van der Waals surface area contributed by atoms with Crippen LogP contribution in [0.4, 0.5) is 4.39 Å². The van der Waals surface area contributed by atoms with Gasteiger partial charge in [0.25, 0.3) is 0 Å². The summed E-state index contributed by atoms with van der Waals surface area (Å²) in [5, 5.41) is 23.0. The van der Waals surface area contributed by atoms with E-state index in [0.29, 0.717) is 12.0 Å². The van der Waals surface area contributed by atoms with Crippen molar-refractivity contribution >= 4 is 17.5 Å². The van der Waals surface area contributed by atoms with Crippen molar-refractivity contribution in [3.05, 3.63) is 23.8 Å². The third-order valence-electron chi connectivity index (χ3n) is 8.89. The van der Waals surface area contributed by atoms with E-state index in [9.17, 15) is 24.6 Å². The molecule has 0 radical (unpaired) electrons. The van der Waals surface area contributed by atoms with Crippen LogP contribution in [0.15, 0.2) is 23.8 Å². The van der Waals surface area contributed by atoms with Crippen molar-refractivity contribution in [2.75, 3.05) is 6.61 Å². The second-order valence-electron chi connectivity index (χ2n) is 10.4. The van der Waals surface area contributed by atoms with Gasteiger partial charge in [-0.25, -0.2) is 4.39 Å². The SMILES string of the molecule is CC(=O)OCC(=O)[C@@]1(O)[C@H](C)C[C@H]2[C@@H]3C[C@H](F)C4=CC(=O)C=C[C@]4(C)[C@@H]3[C@@H](O)C[C@@]21C. The highest BCUT2D eigenvalue weighted by atomic mass is 19.1. The highest BCUT2D eigenvalue weighted by Gasteiger charge is 2.71. The molecule has 6 nitrogen and oxygen atoms in total. The highest BCUT2D eigenvalue weighted by Crippen LogP contribution is 2.68. The lowest BCUT2D eigenvalue weighted by atomic mass is 9.46. The number of rotatable bonds is 3. The predicted molar refractivity (Wildman–Crippen MR) is 109 cm³/mol. The number of aliphatic hydroxyl groups is 2. The molecule has 0 unspecified atom stereocenters. The number of carbonyl (C=O) groups is 3. The Kier molecular flexibility index (Phi) is 5.10. The van der Waals surface area contributed by atoms with Crippen LogP contribution < -0.4 is 0 Å². The maximum absolute atomic E-state index is 15.4. The van der Waals surface area contributed by atoms with Crippen molar-refractivity contribution in [3.8, 4) is 0 Å². The molecule has 3 saturated carbocycles. The Morgan fingerprint density at radius 3 is 2.61 bits per heavy atom. The zero-order valence-electron chi connectivity index (χ0n) is 18.4. The molecule has 4 rings (SSSR count). The molecule has 0 aromatic carbocycles. The van der Waals surface area contributed by atoms with Gasteiger partial charge in [-0.1, -0.05) is 26.8 Å². The number of fused-ring (bicyclic) bond motifs is 5. The van der Waals surface area contributed by atoms with E-state index in [1.807, 2.05) is 6.92 Å². The maximum atomic E-state index is 15.4. The van der Waals surface area contributed by atoms with E-state index < -0.39 is 53.0 Å². The first-order valence-electron chi connectivity index (χ1n) is 11.0. The maximum Gasteiger partial charge on any atom is 0.303 e. The average molecular weight is 435 g/mol. The van der Waals surface area contributed by atoms with E-state index in [1.54, 1.807) is 19.9 Å². The van der Waals surface area contributed by atoms with Gasteiger partial charge in [0.05, 0.1) is 6.10 Å². The van der Waals surface area contributed by atoms with Crippen molar-refractivity contribution in [1.29, 1.82) is 0 Å². The van der Waals surface area contributed by atoms with Crippen LogP contribution in [0.25, 0.3) is 0 Å². The standard InChI is InChI=1S/C24H31FO6/c1-12-7-16-15-9-18(25)17-8-14(27)5-6-22(17,3)21(15)19(28)10-23(16,4)24(12,30)20(29)11-31-13(2)26/h5-6,8,12,15-16,18-19,21,28,30H,7,9-11H2,1-4H3/t12-,15+,16+,18+,19+,21+,22+,23+,24+/m1/s1. The summed E-state index contributed by atoms with van der Waals surface area (Å²) in [7, 11) is 0. The molecule has 0 spiro atoms. The van der Waals surface area contributed by atoms with Crippen LogP contribution in [-0.2, 0) is 19.1 Å². The summed E-state index contributed by atoms with van der Waals surface area (Å²) in [6.45, 7) is 6.13. The van der Waals surface area contributed by atoms with Crippen molar-refractivity contribution in [3.63, 3.8) is 0 Å². The largest absolute Gasteiger partial charge is 0.458 e. The van der Waals surface area contributed by atoms with E-state index in [4.69, 9.17) is 4.74 Å². The number of hydrogen-bond donors (Lipinski definition) is 2. The zero-order valence-corrected chi connectivity index (χ0v) is 18.4. The van der Waals surface area contributed by atoms with Gasteiger partial charge >= 0.3 is 5.97 Å². The van der Waals surface area contributed by atoms with Crippen LogP contribution in [0.3, 0.4) is 0 Å². The Balaban J connectivity index is 1.74. The smallest absolute Gasteiger partial charge is 0.303 e. The Morgan fingerprint density at radius 2 is 1.97 bits per heavy atom. The summed E-state index contributed by atoms with van der Waals surface area (Å²) in [6, 6.07) is 0. The number of Topliss-reactive ketones (excluding diaryl/α,β-unsaturated/α-hetero) is 1. The number of ketones is 2. The molecule has 0 aliphatic heterocycles. The van der Waals surface area contributed by atoms with Gasteiger partial charge in [-0.2, -0.15) is 0 Å². The highest BCUT2D eigenvalue weighted by molar-refractivity contribution is 6.01. The first-order valence-corrected chi connectivity index (χ1v) is 11.0. The topological polar surface area (TPSA) is 101 Å².